The van der Waals surface area contributed by atoms with E-state index in [1.54, 1.807) is 0 Å². The van der Waals surface area contributed by atoms with E-state index in [1.165, 1.54) is 0 Å². The molecule has 0 saturated carbocycles. The van der Waals surface area contributed by atoms with Crippen LogP contribution in [0.1, 0.15) is 38.7 Å². The molecule has 1 unspecified atom stereocenters. The molecular formula is C13H23N3S. The Kier molecular flexibility index (Phi) is 6.52. The Hall–Kier alpha value is -0.610. The van der Waals surface area contributed by atoms with Crippen LogP contribution in [0.3, 0.4) is 0 Å². The molecule has 0 aliphatic carbocycles. The lowest BCUT2D eigenvalue weighted by molar-refractivity contribution is 0.634. The van der Waals surface area contributed by atoms with Gasteiger partial charge in [0.05, 0.1) is 5.75 Å². The van der Waals surface area contributed by atoms with Crippen molar-refractivity contribution in [3.05, 3.63) is 23.8 Å². The normalized spacial score (nSPS) is 13.0. The number of rotatable bonds is 7. The predicted octanol–water partition coefficient (Wildman–Crippen LogP) is 2.65. The Balaban J connectivity index is 2.48. The molecule has 0 aromatic carbocycles. The van der Waals surface area contributed by atoms with E-state index < -0.39 is 0 Å². The molecule has 1 rings (SSSR count). The number of thioether (sulfide) groups is 1. The van der Waals surface area contributed by atoms with Crippen LogP contribution in [-0.4, -0.2) is 21.8 Å². The van der Waals surface area contributed by atoms with Gasteiger partial charge in [-0.05, 0) is 24.2 Å². The first kappa shape index (κ1) is 14.5. The summed E-state index contributed by atoms with van der Waals surface area (Å²) in [6.45, 7) is 6.56. The van der Waals surface area contributed by atoms with Gasteiger partial charge in [-0.3, -0.25) is 0 Å². The fourth-order valence-electron chi connectivity index (χ4n) is 1.42. The molecule has 1 aromatic rings. The van der Waals surface area contributed by atoms with Crippen LogP contribution in [-0.2, 0) is 12.2 Å². The van der Waals surface area contributed by atoms with E-state index >= 15 is 0 Å². The molecule has 0 spiro atoms. The van der Waals surface area contributed by atoms with Crippen molar-refractivity contribution in [2.75, 3.05) is 5.75 Å². The summed E-state index contributed by atoms with van der Waals surface area (Å²) in [4.78, 5) is 8.84. The van der Waals surface area contributed by atoms with E-state index in [0.29, 0.717) is 0 Å². The lowest BCUT2D eigenvalue weighted by atomic mass is 10.1. The molecule has 2 N–H and O–H groups in total. The second kappa shape index (κ2) is 7.67. The van der Waals surface area contributed by atoms with Crippen molar-refractivity contribution in [1.82, 2.24) is 9.97 Å². The lowest BCUT2D eigenvalue weighted by Crippen LogP contribution is -2.22. The summed E-state index contributed by atoms with van der Waals surface area (Å²) in [5.74, 6) is 3.70. The Morgan fingerprint density at radius 3 is 2.82 bits per heavy atom. The average Bonchev–Trinajstić information content (AvgIpc) is 2.29. The molecule has 0 fully saturated rings. The van der Waals surface area contributed by atoms with E-state index in [1.807, 2.05) is 24.0 Å². The highest BCUT2D eigenvalue weighted by atomic mass is 32.2. The molecule has 0 aliphatic rings. The lowest BCUT2D eigenvalue weighted by Gasteiger charge is -2.09. The zero-order valence-corrected chi connectivity index (χ0v) is 11.8. The number of nitrogens with zero attached hydrogens (tertiary/aromatic N) is 2. The van der Waals surface area contributed by atoms with Gasteiger partial charge in [0, 0.05) is 24.4 Å². The van der Waals surface area contributed by atoms with Crippen LogP contribution in [0.5, 0.6) is 0 Å². The van der Waals surface area contributed by atoms with Crippen LogP contribution in [0.25, 0.3) is 0 Å². The summed E-state index contributed by atoms with van der Waals surface area (Å²) in [6, 6.07) is 2.17. The largest absolute Gasteiger partial charge is 0.327 e. The first-order valence-electron chi connectivity index (χ1n) is 6.26. The van der Waals surface area contributed by atoms with Crippen LogP contribution in [0.4, 0.5) is 0 Å². The van der Waals surface area contributed by atoms with Crippen molar-refractivity contribution in [3.63, 3.8) is 0 Å². The molecule has 0 radical (unpaired) electrons. The third kappa shape index (κ3) is 6.03. The van der Waals surface area contributed by atoms with Crippen molar-refractivity contribution in [1.29, 1.82) is 0 Å². The van der Waals surface area contributed by atoms with Crippen molar-refractivity contribution in [2.24, 2.45) is 11.7 Å². The summed E-state index contributed by atoms with van der Waals surface area (Å²) < 4.78 is 0. The Morgan fingerprint density at radius 1 is 1.41 bits per heavy atom. The zero-order valence-electron chi connectivity index (χ0n) is 11.0. The van der Waals surface area contributed by atoms with E-state index in [0.717, 1.165) is 41.8 Å². The molecular weight excluding hydrogens is 230 g/mol. The molecule has 1 aromatic heterocycles. The van der Waals surface area contributed by atoms with Gasteiger partial charge < -0.3 is 5.73 Å². The summed E-state index contributed by atoms with van der Waals surface area (Å²) in [5.41, 5.74) is 6.99. The van der Waals surface area contributed by atoms with Crippen LogP contribution < -0.4 is 5.73 Å². The van der Waals surface area contributed by atoms with Crippen molar-refractivity contribution >= 4 is 11.8 Å². The van der Waals surface area contributed by atoms with Gasteiger partial charge >= 0.3 is 0 Å². The Labute approximate surface area is 109 Å². The van der Waals surface area contributed by atoms with Crippen LogP contribution >= 0.6 is 11.8 Å². The number of hydrogen-bond donors (Lipinski definition) is 1. The van der Waals surface area contributed by atoms with Gasteiger partial charge in [-0.15, -0.1) is 0 Å². The molecule has 1 atom stereocenters. The molecule has 4 heteroatoms. The first-order chi connectivity index (χ1) is 8.11. The standard InChI is InChI=1S/C13H23N3S/c1-4-11(14)7-12-5-6-15-13(16-12)9-17-8-10(2)3/h5-6,10-11H,4,7-9,14H2,1-3H3. The van der Waals surface area contributed by atoms with Gasteiger partial charge in [-0.1, -0.05) is 20.8 Å². The number of nitrogens with two attached hydrogens (primary N) is 1. The highest BCUT2D eigenvalue weighted by Gasteiger charge is 2.05. The van der Waals surface area contributed by atoms with Gasteiger partial charge in [-0.2, -0.15) is 11.8 Å². The van der Waals surface area contributed by atoms with Crippen molar-refractivity contribution in [3.8, 4) is 0 Å². The quantitative estimate of drug-likeness (QED) is 0.811. The summed E-state index contributed by atoms with van der Waals surface area (Å²) in [5, 5.41) is 0. The van der Waals surface area contributed by atoms with Gasteiger partial charge in [0.1, 0.15) is 5.82 Å². The van der Waals surface area contributed by atoms with Crippen LogP contribution in [0, 0.1) is 5.92 Å². The molecule has 0 aliphatic heterocycles. The van der Waals surface area contributed by atoms with Gasteiger partial charge in [0.2, 0.25) is 0 Å². The second-order valence-corrected chi connectivity index (χ2v) is 5.78. The van der Waals surface area contributed by atoms with Crippen LogP contribution in [0.15, 0.2) is 12.3 Å². The minimum Gasteiger partial charge on any atom is -0.327 e. The van der Waals surface area contributed by atoms with E-state index in [9.17, 15) is 0 Å². The zero-order chi connectivity index (χ0) is 12.7. The summed E-state index contributed by atoms with van der Waals surface area (Å²) >= 11 is 1.89. The molecule has 96 valence electrons. The molecule has 17 heavy (non-hydrogen) atoms. The summed E-state index contributed by atoms with van der Waals surface area (Å²) in [7, 11) is 0. The predicted molar refractivity (Wildman–Crippen MR) is 75.0 cm³/mol. The van der Waals surface area contributed by atoms with Gasteiger partial charge in [0.25, 0.3) is 0 Å². The maximum absolute atomic E-state index is 5.93. The minimum atomic E-state index is 0.209. The number of hydrogen-bond acceptors (Lipinski definition) is 4. The molecule has 3 nitrogen and oxygen atoms in total. The van der Waals surface area contributed by atoms with Gasteiger partial charge in [-0.25, -0.2) is 9.97 Å². The van der Waals surface area contributed by atoms with Crippen molar-refractivity contribution in [2.45, 2.75) is 45.4 Å². The third-order valence-electron chi connectivity index (χ3n) is 2.44. The van der Waals surface area contributed by atoms with Crippen molar-refractivity contribution < 1.29 is 0 Å². The second-order valence-electron chi connectivity index (χ2n) is 4.75. The monoisotopic (exact) mass is 253 g/mol. The average molecular weight is 253 g/mol. The smallest absolute Gasteiger partial charge is 0.138 e. The van der Waals surface area contributed by atoms with Gasteiger partial charge in [0.15, 0.2) is 0 Å². The molecule has 1 heterocycles. The fraction of sp³-hybridized carbons (Fsp3) is 0.692. The SMILES string of the molecule is CCC(N)Cc1ccnc(CSCC(C)C)n1. The molecule has 0 amide bonds. The fourth-order valence-corrected chi connectivity index (χ4v) is 2.33. The highest BCUT2D eigenvalue weighted by Crippen LogP contribution is 2.13. The van der Waals surface area contributed by atoms with Crippen LogP contribution in [0.2, 0.25) is 0 Å². The number of aromatic nitrogens is 2. The highest BCUT2D eigenvalue weighted by molar-refractivity contribution is 7.98. The maximum atomic E-state index is 5.93. The molecule has 0 saturated heterocycles. The molecule has 0 bridgehead atoms. The summed E-state index contributed by atoms with van der Waals surface area (Å²) in [6.07, 6.45) is 3.68. The first-order valence-corrected chi connectivity index (χ1v) is 7.41. The van der Waals surface area contributed by atoms with E-state index in [4.69, 9.17) is 5.73 Å². The third-order valence-corrected chi connectivity index (χ3v) is 3.81. The van der Waals surface area contributed by atoms with E-state index in [-0.39, 0.29) is 6.04 Å². The topological polar surface area (TPSA) is 51.8 Å². The Morgan fingerprint density at radius 2 is 2.18 bits per heavy atom. The Bertz CT molecular complexity index is 328. The minimum absolute atomic E-state index is 0.209. The van der Waals surface area contributed by atoms with E-state index in [2.05, 4.69) is 30.7 Å². The maximum Gasteiger partial charge on any atom is 0.138 e.